The largest absolute Gasteiger partial charge is 0.443 e. The molecule has 0 saturated carbocycles. The molecule has 5 rings (SSSR count). The van der Waals surface area contributed by atoms with Gasteiger partial charge in [-0.05, 0) is 50.9 Å². The summed E-state index contributed by atoms with van der Waals surface area (Å²) in [4.78, 5) is 42.1. The van der Waals surface area contributed by atoms with Gasteiger partial charge in [-0.3, -0.25) is 19.5 Å². The third kappa shape index (κ3) is 4.47. The number of amides is 2. The van der Waals surface area contributed by atoms with Crippen molar-refractivity contribution in [1.82, 2.24) is 24.8 Å². The number of nitrogens with one attached hydrogen (secondary N) is 1. The van der Waals surface area contributed by atoms with E-state index in [1.54, 1.807) is 18.6 Å². The monoisotopic (exact) mass is 434 g/mol. The van der Waals surface area contributed by atoms with E-state index in [2.05, 4.69) is 25.2 Å². The van der Waals surface area contributed by atoms with Crippen LogP contribution in [0.2, 0.25) is 0 Å². The summed E-state index contributed by atoms with van der Waals surface area (Å²) in [7, 11) is 0. The van der Waals surface area contributed by atoms with Gasteiger partial charge in [0.25, 0.3) is 0 Å². The van der Waals surface area contributed by atoms with Gasteiger partial charge in [0.05, 0.1) is 24.5 Å². The molecule has 0 unspecified atom stereocenters. The number of fused-ring (bicyclic) bond motifs is 1. The van der Waals surface area contributed by atoms with E-state index in [0.717, 1.165) is 29.6 Å². The minimum atomic E-state index is -0.123. The molecule has 0 bridgehead atoms. The first-order valence-electron chi connectivity index (χ1n) is 11.1. The van der Waals surface area contributed by atoms with Crippen molar-refractivity contribution in [3.8, 4) is 11.3 Å². The van der Waals surface area contributed by atoms with E-state index in [1.165, 1.54) is 19.2 Å². The maximum atomic E-state index is 12.8. The zero-order valence-electron chi connectivity index (χ0n) is 17.9. The smallest absolute Gasteiger partial charge is 0.236 e. The van der Waals surface area contributed by atoms with Crippen LogP contribution in [0.4, 0.5) is 5.82 Å². The third-order valence-corrected chi connectivity index (χ3v) is 6.31. The second kappa shape index (κ2) is 9.04. The highest BCUT2D eigenvalue weighted by atomic mass is 16.3. The Morgan fingerprint density at radius 3 is 2.59 bits per heavy atom. The fourth-order valence-corrected chi connectivity index (χ4v) is 4.44. The number of piperidine rings is 1. The highest BCUT2D eigenvalue weighted by Crippen LogP contribution is 2.24. The minimum absolute atomic E-state index is 0.0529. The molecule has 2 aliphatic heterocycles. The van der Waals surface area contributed by atoms with Crippen LogP contribution in [0.15, 0.2) is 41.5 Å². The normalized spacial score (nSPS) is 17.7. The summed E-state index contributed by atoms with van der Waals surface area (Å²) in [5, 5.41) is 3.79. The molecule has 3 aromatic rings. The number of aromatic nitrogens is 3. The van der Waals surface area contributed by atoms with Gasteiger partial charge in [-0.15, -0.1) is 0 Å². The molecule has 3 aromatic heterocycles. The van der Waals surface area contributed by atoms with Crippen molar-refractivity contribution in [3.63, 3.8) is 0 Å². The van der Waals surface area contributed by atoms with Crippen molar-refractivity contribution in [2.24, 2.45) is 5.92 Å². The van der Waals surface area contributed by atoms with Crippen molar-refractivity contribution in [2.75, 3.05) is 38.0 Å². The van der Waals surface area contributed by atoms with Gasteiger partial charge in [-0.1, -0.05) is 0 Å². The molecule has 9 nitrogen and oxygen atoms in total. The Labute approximate surface area is 185 Å². The molecule has 32 heavy (non-hydrogen) atoms. The van der Waals surface area contributed by atoms with Crippen LogP contribution in [-0.4, -0.2) is 69.3 Å². The molecule has 0 radical (unpaired) electrons. The quantitative estimate of drug-likeness (QED) is 0.658. The van der Waals surface area contributed by atoms with Crippen molar-refractivity contribution < 1.29 is 14.0 Å². The standard InChI is InChI=1S/C23H26N6O3/c30-22(14-28-5-1-2-6-28)29-7-3-16(4-8-29)23(31)27-21-10-17-9-18(20-13-24-15-32-20)11-25-19(17)12-26-21/h9-13,15-16H,1-8,14H2,(H,26,27,31). The lowest BCUT2D eigenvalue weighted by Gasteiger charge is -2.32. The molecule has 166 valence electrons. The summed E-state index contributed by atoms with van der Waals surface area (Å²) < 4.78 is 5.34. The number of oxazole rings is 1. The number of anilines is 1. The average Bonchev–Trinajstić information content (AvgIpc) is 3.53. The molecule has 9 heteroatoms. The lowest BCUT2D eigenvalue weighted by Crippen LogP contribution is -2.45. The van der Waals surface area contributed by atoms with Gasteiger partial charge in [0.2, 0.25) is 11.8 Å². The summed E-state index contributed by atoms with van der Waals surface area (Å²) in [6, 6.07) is 3.75. The third-order valence-electron chi connectivity index (χ3n) is 6.31. The van der Waals surface area contributed by atoms with E-state index in [-0.39, 0.29) is 17.7 Å². The molecule has 2 fully saturated rings. The summed E-state index contributed by atoms with van der Waals surface area (Å²) in [6.07, 6.45) is 10.1. The van der Waals surface area contributed by atoms with Crippen LogP contribution in [0, 0.1) is 5.92 Å². The fourth-order valence-electron chi connectivity index (χ4n) is 4.44. The number of carbonyl (C=O) groups is 2. The molecule has 1 N–H and O–H groups in total. The Morgan fingerprint density at radius 2 is 1.84 bits per heavy atom. The van der Waals surface area contributed by atoms with E-state index in [0.29, 0.717) is 44.1 Å². The van der Waals surface area contributed by atoms with Gasteiger partial charge >= 0.3 is 0 Å². The van der Waals surface area contributed by atoms with Crippen LogP contribution in [0.5, 0.6) is 0 Å². The summed E-state index contributed by atoms with van der Waals surface area (Å²) in [6.45, 7) is 3.78. The number of hydrogen-bond acceptors (Lipinski definition) is 7. The zero-order chi connectivity index (χ0) is 21.9. The lowest BCUT2D eigenvalue weighted by molar-refractivity contribution is -0.135. The molecule has 0 aromatic carbocycles. The summed E-state index contributed by atoms with van der Waals surface area (Å²) >= 11 is 0. The zero-order valence-corrected chi connectivity index (χ0v) is 17.9. The SMILES string of the molecule is O=C(Nc1cc2cc(-c3cnco3)cnc2cn1)C1CCN(C(=O)CN2CCCC2)CC1. The highest BCUT2D eigenvalue weighted by molar-refractivity contribution is 5.94. The summed E-state index contributed by atoms with van der Waals surface area (Å²) in [5.41, 5.74) is 1.54. The topological polar surface area (TPSA) is 104 Å². The minimum Gasteiger partial charge on any atom is -0.443 e. The van der Waals surface area contributed by atoms with Crippen LogP contribution >= 0.6 is 0 Å². The van der Waals surface area contributed by atoms with Crippen molar-refractivity contribution in [2.45, 2.75) is 25.7 Å². The Kier molecular flexibility index (Phi) is 5.81. The number of rotatable bonds is 5. The van der Waals surface area contributed by atoms with Crippen LogP contribution < -0.4 is 5.32 Å². The summed E-state index contributed by atoms with van der Waals surface area (Å²) in [5.74, 6) is 1.13. The van der Waals surface area contributed by atoms with Crippen LogP contribution in [0.1, 0.15) is 25.7 Å². The lowest BCUT2D eigenvalue weighted by atomic mass is 9.96. The van der Waals surface area contributed by atoms with Gasteiger partial charge in [0.15, 0.2) is 12.2 Å². The van der Waals surface area contributed by atoms with Gasteiger partial charge in [0, 0.05) is 36.2 Å². The van der Waals surface area contributed by atoms with Gasteiger partial charge in [-0.2, -0.15) is 0 Å². The number of nitrogens with zero attached hydrogens (tertiary/aromatic N) is 5. The van der Waals surface area contributed by atoms with Crippen LogP contribution in [0.25, 0.3) is 22.2 Å². The number of hydrogen-bond donors (Lipinski definition) is 1. The first-order valence-corrected chi connectivity index (χ1v) is 11.1. The maximum absolute atomic E-state index is 12.8. The van der Waals surface area contributed by atoms with E-state index in [4.69, 9.17) is 4.42 Å². The van der Waals surface area contributed by atoms with Crippen molar-refractivity contribution in [3.05, 3.63) is 37.1 Å². The molecular weight excluding hydrogens is 408 g/mol. The molecule has 5 heterocycles. The molecule has 2 amide bonds. The van der Waals surface area contributed by atoms with Gasteiger partial charge in [0.1, 0.15) is 5.82 Å². The van der Waals surface area contributed by atoms with Gasteiger partial charge in [-0.25, -0.2) is 9.97 Å². The van der Waals surface area contributed by atoms with Gasteiger partial charge < -0.3 is 14.6 Å². The molecule has 0 atom stereocenters. The number of pyridine rings is 2. The molecule has 0 spiro atoms. The molecule has 0 aliphatic carbocycles. The van der Waals surface area contributed by atoms with Crippen LogP contribution in [-0.2, 0) is 9.59 Å². The second-order valence-electron chi connectivity index (χ2n) is 8.48. The van der Waals surface area contributed by atoms with E-state index in [1.807, 2.05) is 17.0 Å². The van der Waals surface area contributed by atoms with E-state index in [9.17, 15) is 9.59 Å². The predicted octanol–water partition coefficient (Wildman–Crippen LogP) is 2.56. The Morgan fingerprint density at radius 1 is 1.03 bits per heavy atom. The second-order valence-corrected chi connectivity index (χ2v) is 8.48. The molecular formula is C23H26N6O3. The number of likely N-dealkylation sites (tertiary alicyclic amines) is 2. The molecule has 2 aliphatic rings. The highest BCUT2D eigenvalue weighted by Gasteiger charge is 2.28. The average molecular weight is 435 g/mol. The van der Waals surface area contributed by atoms with E-state index >= 15 is 0 Å². The Bertz CT molecular complexity index is 1100. The van der Waals surface area contributed by atoms with Crippen molar-refractivity contribution in [1.29, 1.82) is 0 Å². The Hall–Kier alpha value is -3.33. The van der Waals surface area contributed by atoms with Crippen LogP contribution in [0.3, 0.4) is 0 Å². The molecule has 2 saturated heterocycles. The first kappa shape index (κ1) is 20.6. The predicted molar refractivity (Wildman–Crippen MR) is 119 cm³/mol. The maximum Gasteiger partial charge on any atom is 0.236 e. The number of carbonyl (C=O) groups excluding carboxylic acids is 2. The Balaban J connectivity index is 1.19. The van der Waals surface area contributed by atoms with E-state index < -0.39 is 0 Å². The first-order chi connectivity index (χ1) is 15.7. The fraction of sp³-hybridized carbons (Fsp3) is 0.435. The van der Waals surface area contributed by atoms with Crippen molar-refractivity contribution >= 4 is 28.5 Å².